The van der Waals surface area contributed by atoms with E-state index in [2.05, 4.69) is 72.9 Å². The number of rotatable bonds is 7. The maximum absolute atomic E-state index is 4.45. The van der Waals surface area contributed by atoms with Gasteiger partial charge in [-0.15, -0.1) is 0 Å². The average Bonchev–Trinajstić information content (AvgIpc) is 3.22. The van der Waals surface area contributed by atoms with Crippen molar-refractivity contribution in [3.63, 3.8) is 0 Å². The summed E-state index contributed by atoms with van der Waals surface area (Å²) in [7, 11) is 0. The van der Waals surface area contributed by atoms with Crippen LogP contribution in [0, 0.1) is 6.92 Å². The molecule has 0 unspecified atom stereocenters. The molecule has 3 rings (SSSR count). The highest BCUT2D eigenvalue weighted by molar-refractivity contribution is 5.15. The minimum atomic E-state index is 0.304. The lowest BCUT2D eigenvalue weighted by atomic mass is 10.1. The van der Waals surface area contributed by atoms with Gasteiger partial charge in [-0.25, -0.2) is 0 Å². The molecule has 2 heterocycles. The number of nitrogens with one attached hydrogen (secondary N) is 1. The van der Waals surface area contributed by atoms with Crippen molar-refractivity contribution in [3.05, 3.63) is 71.8 Å². The van der Waals surface area contributed by atoms with Crippen molar-refractivity contribution in [2.75, 3.05) is 0 Å². The summed E-state index contributed by atoms with van der Waals surface area (Å²) in [5.41, 5.74) is 3.65. The van der Waals surface area contributed by atoms with Crippen molar-refractivity contribution < 1.29 is 0 Å². The van der Waals surface area contributed by atoms with Crippen LogP contribution < -0.4 is 5.32 Å². The van der Waals surface area contributed by atoms with Gasteiger partial charge in [0.2, 0.25) is 0 Å². The van der Waals surface area contributed by atoms with Crippen molar-refractivity contribution >= 4 is 0 Å². The summed E-state index contributed by atoms with van der Waals surface area (Å²) in [5, 5.41) is 12.4. The highest BCUT2D eigenvalue weighted by atomic mass is 15.3. The Morgan fingerprint density at radius 3 is 2.50 bits per heavy atom. The molecule has 0 radical (unpaired) electrons. The van der Waals surface area contributed by atoms with Gasteiger partial charge >= 0.3 is 0 Å². The molecular weight excluding hydrogens is 298 g/mol. The van der Waals surface area contributed by atoms with Gasteiger partial charge in [0.05, 0.1) is 25.0 Å². The van der Waals surface area contributed by atoms with Gasteiger partial charge in [-0.05, 0) is 31.9 Å². The van der Waals surface area contributed by atoms with Crippen LogP contribution in [0.4, 0.5) is 0 Å². The van der Waals surface area contributed by atoms with Crippen LogP contribution in [0.5, 0.6) is 0 Å². The maximum Gasteiger partial charge on any atom is 0.0659 e. The molecule has 0 spiro atoms. The van der Waals surface area contributed by atoms with Crippen LogP contribution in [0.2, 0.25) is 0 Å². The molecule has 5 nitrogen and oxygen atoms in total. The molecule has 0 fully saturated rings. The van der Waals surface area contributed by atoms with E-state index in [9.17, 15) is 0 Å². The number of nitrogens with zero attached hydrogens (tertiary/aromatic N) is 4. The monoisotopic (exact) mass is 323 g/mol. The zero-order valence-electron chi connectivity index (χ0n) is 14.6. The van der Waals surface area contributed by atoms with Gasteiger partial charge in [0.1, 0.15) is 0 Å². The normalized spacial score (nSPS) is 13.8. The van der Waals surface area contributed by atoms with Gasteiger partial charge in [-0.3, -0.25) is 9.36 Å². The fraction of sp³-hybridized carbons (Fsp3) is 0.368. The first kappa shape index (κ1) is 16.5. The molecule has 24 heavy (non-hydrogen) atoms. The van der Waals surface area contributed by atoms with E-state index in [1.165, 1.54) is 16.7 Å². The minimum Gasteiger partial charge on any atom is -0.308 e. The van der Waals surface area contributed by atoms with E-state index in [0.29, 0.717) is 12.1 Å². The van der Waals surface area contributed by atoms with Crippen LogP contribution in [-0.2, 0) is 13.1 Å². The fourth-order valence-corrected chi connectivity index (χ4v) is 2.69. The first-order valence-electron chi connectivity index (χ1n) is 8.41. The second-order valence-electron chi connectivity index (χ2n) is 6.44. The molecule has 0 aliphatic carbocycles. The second-order valence-corrected chi connectivity index (χ2v) is 6.44. The molecule has 5 heteroatoms. The zero-order chi connectivity index (χ0) is 16.9. The van der Waals surface area contributed by atoms with Crippen LogP contribution in [0.25, 0.3) is 0 Å². The molecule has 0 saturated carbocycles. The van der Waals surface area contributed by atoms with Crippen LogP contribution in [0.3, 0.4) is 0 Å². The number of hydrogen-bond donors (Lipinski definition) is 1. The first-order valence-corrected chi connectivity index (χ1v) is 8.41. The second kappa shape index (κ2) is 7.45. The third kappa shape index (κ3) is 4.11. The Kier molecular flexibility index (Phi) is 5.11. The topological polar surface area (TPSA) is 47.7 Å². The minimum absolute atomic E-state index is 0.304. The number of aryl methyl sites for hydroxylation is 1. The summed E-state index contributed by atoms with van der Waals surface area (Å²) < 4.78 is 4.00. The smallest absolute Gasteiger partial charge is 0.0659 e. The SMILES string of the molecule is Cc1cnn([C@@H](C)[C@H](C)NCc2cnn(Cc3ccccc3)c2)c1. The summed E-state index contributed by atoms with van der Waals surface area (Å²) in [6, 6.07) is 11.0. The predicted octanol–water partition coefficient (Wildman–Crippen LogP) is 3.18. The Hall–Kier alpha value is -2.40. The molecule has 126 valence electrons. The Bertz CT molecular complexity index is 759. The van der Waals surface area contributed by atoms with Gasteiger partial charge in [0.25, 0.3) is 0 Å². The van der Waals surface area contributed by atoms with E-state index in [1.54, 1.807) is 0 Å². The number of benzene rings is 1. The van der Waals surface area contributed by atoms with E-state index in [-0.39, 0.29) is 0 Å². The molecular formula is C19H25N5. The molecule has 2 aromatic heterocycles. The third-order valence-corrected chi connectivity index (χ3v) is 4.37. The molecule has 1 aromatic carbocycles. The lowest BCUT2D eigenvalue weighted by Gasteiger charge is -2.21. The van der Waals surface area contributed by atoms with Crippen molar-refractivity contribution in [2.45, 2.75) is 45.9 Å². The van der Waals surface area contributed by atoms with Crippen LogP contribution in [0.1, 0.15) is 36.6 Å². The summed E-state index contributed by atoms with van der Waals surface area (Å²) in [5.74, 6) is 0. The Balaban J connectivity index is 1.53. The lowest BCUT2D eigenvalue weighted by Crippen LogP contribution is -2.33. The summed E-state index contributed by atoms with van der Waals surface area (Å²) in [6.45, 7) is 8.05. The van der Waals surface area contributed by atoms with Crippen LogP contribution in [-0.4, -0.2) is 25.6 Å². The molecule has 0 bridgehead atoms. The van der Waals surface area contributed by atoms with Gasteiger partial charge in [-0.2, -0.15) is 10.2 Å². The Morgan fingerprint density at radius 1 is 1.00 bits per heavy atom. The summed E-state index contributed by atoms with van der Waals surface area (Å²) in [6.07, 6.45) is 8.03. The molecule has 0 amide bonds. The van der Waals surface area contributed by atoms with Gasteiger partial charge < -0.3 is 5.32 Å². The van der Waals surface area contributed by atoms with Crippen molar-refractivity contribution in [3.8, 4) is 0 Å². The summed E-state index contributed by atoms with van der Waals surface area (Å²) in [4.78, 5) is 0. The number of aromatic nitrogens is 4. The van der Waals surface area contributed by atoms with Gasteiger partial charge in [0, 0.05) is 30.5 Å². The summed E-state index contributed by atoms with van der Waals surface area (Å²) >= 11 is 0. The molecule has 0 aliphatic rings. The van der Waals surface area contributed by atoms with Gasteiger partial charge in [0.15, 0.2) is 0 Å². The average molecular weight is 323 g/mol. The Morgan fingerprint density at radius 2 is 1.79 bits per heavy atom. The highest BCUT2D eigenvalue weighted by Gasteiger charge is 2.14. The largest absolute Gasteiger partial charge is 0.308 e. The molecule has 0 aliphatic heterocycles. The van der Waals surface area contributed by atoms with Crippen LogP contribution >= 0.6 is 0 Å². The fourth-order valence-electron chi connectivity index (χ4n) is 2.69. The quantitative estimate of drug-likeness (QED) is 0.726. The van der Waals surface area contributed by atoms with E-state index < -0.39 is 0 Å². The number of hydrogen-bond acceptors (Lipinski definition) is 3. The van der Waals surface area contributed by atoms with Crippen molar-refractivity contribution in [1.29, 1.82) is 0 Å². The maximum atomic E-state index is 4.45. The van der Waals surface area contributed by atoms with E-state index in [0.717, 1.165) is 13.1 Å². The molecule has 0 saturated heterocycles. The van der Waals surface area contributed by atoms with E-state index in [4.69, 9.17) is 0 Å². The molecule has 2 atom stereocenters. The molecule has 1 N–H and O–H groups in total. The van der Waals surface area contributed by atoms with E-state index >= 15 is 0 Å². The standard InChI is InChI=1S/C19H25N5/c1-15-9-22-24(12-15)17(3)16(2)20-10-19-11-21-23(14-19)13-18-7-5-4-6-8-18/h4-9,11-12,14,16-17,20H,10,13H2,1-3H3/t16-,17-/m0/s1. The third-order valence-electron chi connectivity index (χ3n) is 4.37. The molecule has 3 aromatic rings. The van der Waals surface area contributed by atoms with Crippen LogP contribution in [0.15, 0.2) is 55.1 Å². The lowest BCUT2D eigenvalue weighted by molar-refractivity contribution is 0.365. The van der Waals surface area contributed by atoms with E-state index in [1.807, 2.05) is 27.8 Å². The zero-order valence-corrected chi connectivity index (χ0v) is 14.6. The van der Waals surface area contributed by atoms with Gasteiger partial charge in [-0.1, -0.05) is 30.3 Å². The first-order chi connectivity index (χ1) is 11.6. The van der Waals surface area contributed by atoms with Crippen molar-refractivity contribution in [1.82, 2.24) is 24.9 Å². The Labute approximate surface area is 143 Å². The highest BCUT2D eigenvalue weighted by Crippen LogP contribution is 2.12. The predicted molar refractivity (Wildman–Crippen MR) is 95.7 cm³/mol. The van der Waals surface area contributed by atoms with Crippen molar-refractivity contribution in [2.24, 2.45) is 0 Å².